The highest BCUT2D eigenvalue weighted by Crippen LogP contribution is 2.24. The zero-order chi connectivity index (χ0) is 16.9. The van der Waals surface area contributed by atoms with Gasteiger partial charge < -0.3 is 14.2 Å². The van der Waals surface area contributed by atoms with Crippen molar-refractivity contribution < 1.29 is 19.0 Å². The van der Waals surface area contributed by atoms with Gasteiger partial charge in [-0.3, -0.25) is 0 Å². The zero-order valence-corrected chi connectivity index (χ0v) is 13.6. The van der Waals surface area contributed by atoms with Crippen LogP contribution in [0.4, 0.5) is 0 Å². The summed E-state index contributed by atoms with van der Waals surface area (Å²) >= 11 is 0. The van der Waals surface area contributed by atoms with Crippen LogP contribution in [0, 0.1) is 0 Å². The van der Waals surface area contributed by atoms with Crippen molar-refractivity contribution in [3.05, 3.63) is 71.8 Å². The number of esters is 1. The molecule has 122 valence electrons. The van der Waals surface area contributed by atoms with Crippen molar-refractivity contribution >= 4 is 16.7 Å². The maximum absolute atomic E-state index is 12.4. The normalized spacial score (nSPS) is 10.4. The van der Waals surface area contributed by atoms with E-state index in [1.54, 1.807) is 32.4 Å². The molecule has 0 fully saturated rings. The van der Waals surface area contributed by atoms with E-state index in [9.17, 15) is 4.79 Å². The predicted octanol–water partition coefficient (Wildman–Crippen LogP) is 4.21. The first-order valence-corrected chi connectivity index (χ1v) is 7.58. The van der Waals surface area contributed by atoms with Gasteiger partial charge in [0.15, 0.2) is 0 Å². The van der Waals surface area contributed by atoms with E-state index in [1.807, 2.05) is 42.5 Å². The molecule has 0 atom stereocenters. The lowest BCUT2D eigenvalue weighted by molar-refractivity contribution is 0.0473. The molecule has 0 saturated heterocycles. The molecule has 0 unspecified atom stereocenters. The van der Waals surface area contributed by atoms with Gasteiger partial charge in [-0.1, -0.05) is 42.5 Å². The largest absolute Gasteiger partial charge is 0.497 e. The standard InChI is InChI=1S/C20H18O4/c1-22-17-10-16(11-18(12-17)23-2)20(21)24-13-15-8-5-7-14-6-3-4-9-19(14)15/h3-12H,13H2,1-2H3. The molecule has 0 saturated carbocycles. The molecular formula is C20H18O4. The lowest BCUT2D eigenvalue weighted by Crippen LogP contribution is -2.06. The maximum Gasteiger partial charge on any atom is 0.338 e. The number of carbonyl (C=O) groups is 1. The Morgan fingerprint density at radius 1 is 0.875 bits per heavy atom. The van der Waals surface area contributed by atoms with Crippen molar-refractivity contribution in [3.63, 3.8) is 0 Å². The van der Waals surface area contributed by atoms with Crippen LogP contribution in [0.15, 0.2) is 60.7 Å². The second-order valence-corrected chi connectivity index (χ2v) is 5.32. The minimum atomic E-state index is -0.417. The van der Waals surface area contributed by atoms with E-state index in [0.717, 1.165) is 16.3 Å². The number of benzene rings is 3. The van der Waals surface area contributed by atoms with Gasteiger partial charge in [0.1, 0.15) is 18.1 Å². The molecule has 0 aliphatic rings. The van der Waals surface area contributed by atoms with Crippen molar-refractivity contribution in [1.82, 2.24) is 0 Å². The van der Waals surface area contributed by atoms with Crippen LogP contribution in [0.1, 0.15) is 15.9 Å². The quantitative estimate of drug-likeness (QED) is 0.660. The maximum atomic E-state index is 12.4. The van der Waals surface area contributed by atoms with E-state index in [1.165, 1.54) is 0 Å². The fourth-order valence-electron chi connectivity index (χ4n) is 2.57. The van der Waals surface area contributed by atoms with Crippen LogP contribution in [0.2, 0.25) is 0 Å². The summed E-state index contributed by atoms with van der Waals surface area (Å²) in [5.74, 6) is 0.679. The Balaban J connectivity index is 1.80. The first kappa shape index (κ1) is 15.9. The summed E-state index contributed by atoms with van der Waals surface area (Å²) in [6.45, 7) is 0.208. The molecule has 0 spiro atoms. The Morgan fingerprint density at radius 2 is 1.54 bits per heavy atom. The zero-order valence-electron chi connectivity index (χ0n) is 13.6. The van der Waals surface area contributed by atoms with Crippen molar-refractivity contribution in [2.75, 3.05) is 14.2 Å². The molecule has 3 aromatic carbocycles. The minimum absolute atomic E-state index is 0.208. The van der Waals surface area contributed by atoms with Crippen LogP contribution in [0.25, 0.3) is 10.8 Å². The monoisotopic (exact) mass is 322 g/mol. The van der Waals surface area contributed by atoms with E-state index in [0.29, 0.717) is 17.1 Å². The number of hydrogen-bond donors (Lipinski definition) is 0. The molecule has 3 aromatic rings. The van der Waals surface area contributed by atoms with Gasteiger partial charge in [-0.2, -0.15) is 0 Å². The summed E-state index contributed by atoms with van der Waals surface area (Å²) in [6, 6.07) is 18.9. The Morgan fingerprint density at radius 3 is 2.25 bits per heavy atom. The van der Waals surface area contributed by atoms with Gasteiger partial charge in [-0.25, -0.2) is 4.79 Å². The minimum Gasteiger partial charge on any atom is -0.497 e. The second-order valence-electron chi connectivity index (χ2n) is 5.32. The number of ether oxygens (including phenoxy) is 3. The van der Waals surface area contributed by atoms with Gasteiger partial charge in [0, 0.05) is 6.07 Å². The first-order chi connectivity index (χ1) is 11.7. The molecule has 24 heavy (non-hydrogen) atoms. The van der Waals surface area contributed by atoms with E-state index in [4.69, 9.17) is 14.2 Å². The third-order valence-corrected chi connectivity index (χ3v) is 3.83. The van der Waals surface area contributed by atoms with Gasteiger partial charge in [-0.05, 0) is 28.5 Å². The Kier molecular flexibility index (Phi) is 4.66. The molecule has 0 heterocycles. The Labute approximate surface area is 140 Å². The van der Waals surface area contributed by atoms with E-state index in [-0.39, 0.29) is 6.61 Å². The fourth-order valence-corrected chi connectivity index (χ4v) is 2.57. The van der Waals surface area contributed by atoms with Crippen LogP contribution < -0.4 is 9.47 Å². The van der Waals surface area contributed by atoms with Crippen LogP contribution in [0.5, 0.6) is 11.5 Å². The average Bonchev–Trinajstić information content (AvgIpc) is 2.65. The summed E-state index contributed by atoms with van der Waals surface area (Å²) in [4.78, 5) is 12.4. The van der Waals surface area contributed by atoms with Crippen molar-refractivity contribution in [3.8, 4) is 11.5 Å². The third-order valence-electron chi connectivity index (χ3n) is 3.83. The lowest BCUT2D eigenvalue weighted by Gasteiger charge is -2.10. The van der Waals surface area contributed by atoms with E-state index < -0.39 is 5.97 Å². The molecule has 0 bridgehead atoms. The Bertz CT molecular complexity index is 843. The molecule has 0 aliphatic carbocycles. The van der Waals surface area contributed by atoms with Gasteiger partial charge in [0.2, 0.25) is 0 Å². The van der Waals surface area contributed by atoms with E-state index >= 15 is 0 Å². The number of methoxy groups -OCH3 is 2. The predicted molar refractivity (Wildman–Crippen MR) is 92.6 cm³/mol. The van der Waals surface area contributed by atoms with Crippen molar-refractivity contribution in [2.45, 2.75) is 6.61 Å². The third kappa shape index (κ3) is 3.33. The highest BCUT2D eigenvalue weighted by molar-refractivity contribution is 5.91. The summed E-state index contributed by atoms with van der Waals surface area (Å²) in [7, 11) is 3.08. The van der Waals surface area contributed by atoms with Gasteiger partial charge in [-0.15, -0.1) is 0 Å². The molecule has 3 rings (SSSR count). The van der Waals surface area contributed by atoms with Crippen LogP contribution in [0.3, 0.4) is 0 Å². The molecule has 0 N–H and O–H groups in total. The second kappa shape index (κ2) is 7.04. The molecule has 4 nitrogen and oxygen atoms in total. The fraction of sp³-hybridized carbons (Fsp3) is 0.150. The highest BCUT2D eigenvalue weighted by Gasteiger charge is 2.12. The first-order valence-electron chi connectivity index (χ1n) is 7.58. The van der Waals surface area contributed by atoms with Gasteiger partial charge in [0.05, 0.1) is 19.8 Å². The smallest absolute Gasteiger partial charge is 0.338 e. The summed E-state index contributed by atoms with van der Waals surface area (Å²) < 4.78 is 15.8. The summed E-state index contributed by atoms with van der Waals surface area (Å²) in [5, 5.41) is 2.20. The lowest BCUT2D eigenvalue weighted by atomic mass is 10.1. The average molecular weight is 322 g/mol. The topological polar surface area (TPSA) is 44.8 Å². The highest BCUT2D eigenvalue weighted by atomic mass is 16.5. The summed E-state index contributed by atoms with van der Waals surface area (Å²) in [6.07, 6.45) is 0. The van der Waals surface area contributed by atoms with Gasteiger partial charge in [0.25, 0.3) is 0 Å². The summed E-state index contributed by atoms with van der Waals surface area (Å²) in [5.41, 5.74) is 1.36. The molecular weight excluding hydrogens is 304 g/mol. The van der Waals surface area contributed by atoms with Crippen molar-refractivity contribution in [2.24, 2.45) is 0 Å². The van der Waals surface area contributed by atoms with Crippen LogP contribution >= 0.6 is 0 Å². The molecule has 0 radical (unpaired) electrons. The van der Waals surface area contributed by atoms with Crippen LogP contribution in [-0.4, -0.2) is 20.2 Å². The number of rotatable bonds is 5. The molecule has 0 amide bonds. The van der Waals surface area contributed by atoms with Crippen molar-refractivity contribution in [1.29, 1.82) is 0 Å². The Hall–Kier alpha value is -3.01. The number of fused-ring (bicyclic) bond motifs is 1. The SMILES string of the molecule is COc1cc(OC)cc(C(=O)OCc2cccc3ccccc23)c1. The number of hydrogen-bond acceptors (Lipinski definition) is 4. The van der Waals surface area contributed by atoms with Crippen LogP contribution in [-0.2, 0) is 11.3 Å². The molecule has 0 aliphatic heterocycles. The van der Waals surface area contributed by atoms with Gasteiger partial charge >= 0.3 is 5.97 Å². The number of carbonyl (C=O) groups excluding carboxylic acids is 1. The molecule has 4 heteroatoms. The van der Waals surface area contributed by atoms with E-state index in [2.05, 4.69) is 0 Å². The molecule has 0 aromatic heterocycles.